The molecule has 0 atom stereocenters. The van der Waals surface area contributed by atoms with E-state index in [9.17, 15) is 9.59 Å². The van der Waals surface area contributed by atoms with E-state index in [4.69, 9.17) is 5.11 Å². The van der Waals surface area contributed by atoms with Gasteiger partial charge in [-0.05, 0) is 12.3 Å². The first-order valence-electron chi connectivity index (χ1n) is 6.42. The van der Waals surface area contributed by atoms with Crippen molar-refractivity contribution in [2.45, 2.75) is 20.3 Å². The summed E-state index contributed by atoms with van der Waals surface area (Å²) in [6.45, 7) is 6.55. The van der Waals surface area contributed by atoms with E-state index >= 15 is 0 Å². The quantitative estimate of drug-likeness (QED) is 0.614. The number of hydrogen-bond donors (Lipinski definition) is 3. The van der Waals surface area contributed by atoms with Gasteiger partial charge in [-0.3, -0.25) is 15.0 Å². The van der Waals surface area contributed by atoms with E-state index in [0.717, 1.165) is 19.5 Å². The molecule has 0 unspecified atom stereocenters. The number of aliphatic hydroxyl groups is 1. The third-order valence-electron chi connectivity index (χ3n) is 2.92. The molecular weight excluding hydrogens is 234 g/mol. The summed E-state index contributed by atoms with van der Waals surface area (Å²) < 4.78 is 0. The van der Waals surface area contributed by atoms with Crippen LogP contribution < -0.4 is 10.6 Å². The fourth-order valence-electron chi connectivity index (χ4n) is 1.81. The molecule has 0 saturated carbocycles. The molecule has 3 N–H and O–H groups in total. The van der Waals surface area contributed by atoms with Crippen LogP contribution in [0.5, 0.6) is 0 Å². The van der Waals surface area contributed by atoms with Crippen LogP contribution in [0.15, 0.2) is 0 Å². The van der Waals surface area contributed by atoms with Gasteiger partial charge in [-0.2, -0.15) is 0 Å². The molecule has 0 radical (unpaired) electrons. The Morgan fingerprint density at radius 1 is 1.39 bits per heavy atom. The summed E-state index contributed by atoms with van der Waals surface area (Å²) in [5.74, 6) is 0.503. The number of rotatable bonds is 6. The largest absolute Gasteiger partial charge is 0.396 e. The third kappa shape index (κ3) is 5.46. The van der Waals surface area contributed by atoms with E-state index in [2.05, 4.69) is 24.5 Å². The number of nitrogens with one attached hydrogen (secondary N) is 2. The van der Waals surface area contributed by atoms with Crippen molar-refractivity contribution in [3.8, 4) is 0 Å². The Morgan fingerprint density at radius 3 is 2.61 bits per heavy atom. The van der Waals surface area contributed by atoms with Crippen molar-refractivity contribution in [3.05, 3.63) is 0 Å². The first kappa shape index (κ1) is 14.9. The van der Waals surface area contributed by atoms with Crippen molar-refractivity contribution in [2.75, 3.05) is 32.8 Å². The molecule has 1 heterocycles. The monoisotopic (exact) mass is 257 g/mol. The van der Waals surface area contributed by atoms with E-state index < -0.39 is 6.03 Å². The van der Waals surface area contributed by atoms with Crippen molar-refractivity contribution >= 4 is 11.9 Å². The van der Waals surface area contributed by atoms with Crippen LogP contribution in [0.3, 0.4) is 0 Å². The van der Waals surface area contributed by atoms with Gasteiger partial charge in [0.2, 0.25) is 5.91 Å². The highest BCUT2D eigenvalue weighted by Gasteiger charge is 2.27. The molecule has 18 heavy (non-hydrogen) atoms. The van der Waals surface area contributed by atoms with Crippen LogP contribution in [0.25, 0.3) is 0 Å². The Morgan fingerprint density at radius 2 is 2.06 bits per heavy atom. The Labute approximate surface area is 108 Å². The highest BCUT2D eigenvalue weighted by atomic mass is 16.3. The fourth-order valence-corrected chi connectivity index (χ4v) is 1.81. The van der Waals surface area contributed by atoms with Gasteiger partial charge in [-0.25, -0.2) is 4.79 Å². The minimum absolute atomic E-state index is 0.161. The topological polar surface area (TPSA) is 81.7 Å². The van der Waals surface area contributed by atoms with E-state index in [0.29, 0.717) is 12.5 Å². The van der Waals surface area contributed by atoms with Crippen molar-refractivity contribution < 1.29 is 14.7 Å². The Balaban J connectivity index is 2.07. The van der Waals surface area contributed by atoms with Gasteiger partial charge in [0.1, 0.15) is 0 Å². The van der Waals surface area contributed by atoms with E-state index in [1.165, 1.54) is 0 Å². The normalized spacial score (nSPS) is 16.4. The number of imide groups is 1. The van der Waals surface area contributed by atoms with E-state index in [1.54, 1.807) is 0 Å². The molecule has 3 amide bonds. The standard InChI is InChI=1S/C12H23N3O3/c1-9(2)3-4-13-12(18)14-11(17)7-15-5-10(6-15)8-16/h9-10,16H,3-8H2,1-2H3,(H2,13,14,17,18). The second-order valence-electron chi connectivity index (χ2n) is 5.23. The Kier molecular flexibility index (Phi) is 6.07. The molecule has 1 aliphatic heterocycles. The number of urea groups is 1. The van der Waals surface area contributed by atoms with Crippen LogP contribution in [-0.2, 0) is 4.79 Å². The van der Waals surface area contributed by atoms with E-state index in [-0.39, 0.29) is 25.0 Å². The number of amides is 3. The van der Waals surface area contributed by atoms with E-state index in [1.807, 2.05) is 4.90 Å². The maximum Gasteiger partial charge on any atom is 0.321 e. The predicted molar refractivity (Wildman–Crippen MR) is 68.0 cm³/mol. The summed E-state index contributed by atoms with van der Waals surface area (Å²) in [7, 11) is 0. The lowest BCUT2D eigenvalue weighted by Crippen LogP contribution is -2.53. The number of nitrogens with zero attached hydrogens (tertiary/aromatic N) is 1. The van der Waals surface area contributed by atoms with Gasteiger partial charge in [0, 0.05) is 32.2 Å². The second-order valence-corrected chi connectivity index (χ2v) is 5.23. The summed E-state index contributed by atoms with van der Waals surface area (Å²) in [6, 6.07) is -0.431. The molecule has 1 saturated heterocycles. The van der Waals surface area contributed by atoms with Crippen LogP contribution >= 0.6 is 0 Å². The fraction of sp³-hybridized carbons (Fsp3) is 0.833. The lowest BCUT2D eigenvalue weighted by molar-refractivity contribution is -0.123. The van der Waals surface area contributed by atoms with Gasteiger partial charge in [-0.1, -0.05) is 13.8 Å². The molecule has 6 heteroatoms. The molecule has 104 valence electrons. The average Bonchev–Trinajstić information content (AvgIpc) is 2.22. The smallest absolute Gasteiger partial charge is 0.321 e. The summed E-state index contributed by atoms with van der Waals surface area (Å²) in [5.41, 5.74) is 0. The van der Waals surface area contributed by atoms with Gasteiger partial charge in [0.05, 0.1) is 6.54 Å². The van der Waals surface area contributed by atoms with Gasteiger partial charge >= 0.3 is 6.03 Å². The summed E-state index contributed by atoms with van der Waals surface area (Å²) in [6.07, 6.45) is 0.895. The van der Waals surface area contributed by atoms with Gasteiger partial charge in [0.15, 0.2) is 0 Å². The molecule has 0 aliphatic carbocycles. The van der Waals surface area contributed by atoms with Crippen molar-refractivity contribution in [1.29, 1.82) is 0 Å². The van der Waals surface area contributed by atoms with Gasteiger partial charge < -0.3 is 10.4 Å². The zero-order valence-electron chi connectivity index (χ0n) is 11.1. The first-order chi connectivity index (χ1) is 8.51. The third-order valence-corrected chi connectivity index (χ3v) is 2.92. The molecule has 0 aromatic heterocycles. The average molecular weight is 257 g/mol. The molecule has 0 bridgehead atoms. The summed E-state index contributed by atoms with van der Waals surface area (Å²) in [4.78, 5) is 24.7. The molecule has 0 aromatic carbocycles. The van der Waals surface area contributed by atoms with Crippen LogP contribution in [0.4, 0.5) is 4.79 Å². The molecule has 0 aromatic rings. The molecule has 1 fully saturated rings. The van der Waals surface area contributed by atoms with Gasteiger partial charge in [0.25, 0.3) is 0 Å². The Bertz CT molecular complexity index is 288. The van der Waals surface area contributed by atoms with Crippen molar-refractivity contribution in [1.82, 2.24) is 15.5 Å². The maximum atomic E-state index is 11.5. The lowest BCUT2D eigenvalue weighted by Gasteiger charge is -2.37. The molecule has 6 nitrogen and oxygen atoms in total. The maximum absolute atomic E-state index is 11.5. The molecular formula is C12H23N3O3. The number of likely N-dealkylation sites (tertiary alicyclic amines) is 1. The first-order valence-corrected chi connectivity index (χ1v) is 6.42. The van der Waals surface area contributed by atoms with Crippen LogP contribution in [0.2, 0.25) is 0 Å². The zero-order valence-corrected chi connectivity index (χ0v) is 11.1. The predicted octanol–water partition coefficient (Wildman–Crippen LogP) is -0.218. The highest BCUT2D eigenvalue weighted by molar-refractivity contribution is 5.95. The number of carbonyl (C=O) groups excluding carboxylic acids is 2. The van der Waals surface area contributed by atoms with Crippen molar-refractivity contribution in [2.24, 2.45) is 11.8 Å². The Hall–Kier alpha value is -1.14. The number of aliphatic hydroxyl groups excluding tert-OH is 1. The SMILES string of the molecule is CC(C)CCNC(=O)NC(=O)CN1CC(CO)C1. The number of carbonyl (C=O) groups is 2. The van der Waals surface area contributed by atoms with Crippen LogP contribution in [-0.4, -0.2) is 54.7 Å². The minimum Gasteiger partial charge on any atom is -0.396 e. The molecule has 0 spiro atoms. The highest BCUT2D eigenvalue weighted by Crippen LogP contribution is 2.13. The van der Waals surface area contributed by atoms with Crippen LogP contribution in [0, 0.1) is 11.8 Å². The van der Waals surface area contributed by atoms with Crippen LogP contribution in [0.1, 0.15) is 20.3 Å². The minimum atomic E-state index is -0.431. The second kappa shape index (κ2) is 7.33. The van der Waals surface area contributed by atoms with Gasteiger partial charge in [-0.15, -0.1) is 0 Å². The lowest BCUT2D eigenvalue weighted by atomic mass is 10.0. The summed E-state index contributed by atoms with van der Waals surface area (Å²) in [5, 5.41) is 13.8. The molecule has 1 rings (SSSR count). The molecule has 1 aliphatic rings. The van der Waals surface area contributed by atoms with Crippen molar-refractivity contribution in [3.63, 3.8) is 0 Å². The zero-order chi connectivity index (χ0) is 13.5. The summed E-state index contributed by atoms with van der Waals surface area (Å²) >= 11 is 0. The number of hydrogen-bond acceptors (Lipinski definition) is 4.